The van der Waals surface area contributed by atoms with Crippen molar-refractivity contribution >= 4 is 44.6 Å². The third-order valence-electron chi connectivity index (χ3n) is 13.4. The summed E-state index contributed by atoms with van der Waals surface area (Å²) in [5.74, 6) is -0.653. The van der Waals surface area contributed by atoms with Gasteiger partial charge in [0.25, 0.3) is 5.91 Å². The van der Waals surface area contributed by atoms with E-state index in [-0.39, 0.29) is 43.4 Å². The van der Waals surface area contributed by atoms with E-state index in [1.54, 1.807) is 13.1 Å². The van der Waals surface area contributed by atoms with Crippen molar-refractivity contribution in [2.75, 3.05) is 6.54 Å². The van der Waals surface area contributed by atoms with Crippen molar-refractivity contribution in [1.82, 2.24) is 25.2 Å². The summed E-state index contributed by atoms with van der Waals surface area (Å²) in [7, 11) is -4.00. The number of nitrogens with zero attached hydrogens (tertiary/aromatic N) is 2. The van der Waals surface area contributed by atoms with Crippen molar-refractivity contribution in [2.45, 2.75) is 147 Å². The number of ether oxygens (including phenoxy) is 3. The fourth-order valence-electron chi connectivity index (χ4n) is 9.12. The van der Waals surface area contributed by atoms with Gasteiger partial charge in [-0.3, -0.25) is 19.1 Å². The van der Waals surface area contributed by atoms with Gasteiger partial charge in [-0.25, -0.2) is 18.2 Å². The number of benzene rings is 1. The molecule has 7 rings (SSSR count). The van der Waals surface area contributed by atoms with Crippen LogP contribution in [0, 0.1) is 29.6 Å². The Kier molecular flexibility index (Phi) is 12.0. The van der Waals surface area contributed by atoms with Crippen LogP contribution in [0.5, 0.6) is 11.6 Å². The Morgan fingerprint density at radius 1 is 0.983 bits per heavy atom. The number of carbonyl (C=O) groups excluding carboxylic acids is 4. The first-order chi connectivity index (χ1) is 27.9. The second kappa shape index (κ2) is 16.6. The van der Waals surface area contributed by atoms with Gasteiger partial charge in [-0.2, -0.15) is 0 Å². The maximum atomic E-state index is 15.0. The molecule has 0 bridgehead atoms. The molecule has 2 aromatic rings. The molecule has 4 fully saturated rings. The van der Waals surface area contributed by atoms with Gasteiger partial charge >= 0.3 is 6.09 Å². The van der Waals surface area contributed by atoms with Gasteiger partial charge < -0.3 is 29.7 Å². The summed E-state index contributed by atoms with van der Waals surface area (Å²) < 4.78 is 46.1. The Bertz CT molecular complexity index is 2080. The molecular weight excluding hydrogens is 775 g/mol. The normalized spacial score (nSPS) is 33.8. The molecule has 10 atom stereocenters. The molecule has 15 heteroatoms. The van der Waals surface area contributed by atoms with E-state index >= 15 is 0 Å². The molecule has 3 aliphatic carbocycles. The van der Waals surface area contributed by atoms with Gasteiger partial charge in [0.05, 0.1) is 17.4 Å². The standard InChI is InChI=1S/C44H61N5O9S/c1-25(2)56-32-12-13-35-30(21-32)14-17-45-39(35)57-34-22-36-38(50)47-44(41(52)48-59(54,55)43(7)15-16-43)23-31(44)11-9-8-10-26(3)18-29(6)37(40(51)49(36)24-34)46-42(53)58-33-19-27(4)28(5)20-33/h9,11-14,17,21,25-29,31,33-34,36-37H,8,10,15-16,18-20,22-24H2,1-7H3,(H,46,53)(H,47,50)(H,48,52)/b11-9-/t26-,27-,28+,29+,31+,33+,34+,36-,37-,44+/m0/s1. The molecule has 0 unspecified atom stereocenters. The van der Waals surface area contributed by atoms with E-state index in [1.165, 1.54) is 4.90 Å². The molecule has 322 valence electrons. The van der Waals surface area contributed by atoms with Crippen LogP contribution in [0.15, 0.2) is 42.6 Å². The highest BCUT2D eigenvalue weighted by Crippen LogP contribution is 2.48. The van der Waals surface area contributed by atoms with E-state index in [4.69, 9.17) is 14.2 Å². The highest BCUT2D eigenvalue weighted by molar-refractivity contribution is 7.91. The smallest absolute Gasteiger partial charge is 0.408 e. The molecule has 4 amide bonds. The third-order valence-corrected chi connectivity index (χ3v) is 15.5. The third kappa shape index (κ3) is 9.19. The number of hydrogen-bond donors (Lipinski definition) is 3. The number of sulfonamides is 1. The van der Waals surface area contributed by atoms with Crippen LogP contribution < -0.4 is 24.8 Å². The van der Waals surface area contributed by atoms with Crippen LogP contribution in [-0.4, -0.2) is 89.3 Å². The van der Waals surface area contributed by atoms with E-state index in [0.717, 1.165) is 30.0 Å². The first-order valence-corrected chi connectivity index (χ1v) is 22.9. The van der Waals surface area contributed by atoms with Crippen LogP contribution in [0.1, 0.15) is 106 Å². The fraction of sp³-hybridized carbons (Fsp3) is 0.659. The van der Waals surface area contributed by atoms with Crippen LogP contribution in [-0.2, 0) is 29.1 Å². The molecular formula is C44H61N5O9S. The van der Waals surface area contributed by atoms with Gasteiger partial charge in [-0.15, -0.1) is 0 Å². The first kappa shape index (κ1) is 42.7. The minimum atomic E-state index is -4.00. The predicted octanol–water partition coefficient (Wildman–Crippen LogP) is 5.79. The monoisotopic (exact) mass is 835 g/mol. The summed E-state index contributed by atoms with van der Waals surface area (Å²) in [6.07, 6.45) is 8.54. The largest absolute Gasteiger partial charge is 0.491 e. The Balaban J connectivity index is 1.20. The lowest BCUT2D eigenvalue weighted by Gasteiger charge is -2.33. The number of amides is 4. The van der Waals surface area contributed by atoms with Crippen molar-refractivity contribution in [2.24, 2.45) is 29.6 Å². The highest BCUT2D eigenvalue weighted by atomic mass is 32.2. The summed E-state index contributed by atoms with van der Waals surface area (Å²) in [5.41, 5.74) is -1.53. The van der Waals surface area contributed by atoms with E-state index in [1.807, 2.05) is 57.2 Å². The van der Waals surface area contributed by atoms with E-state index in [9.17, 15) is 27.6 Å². The molecule has 5 aliphatic rings. The van der Waals surface area contributed by atoms with Gasteiger partial charge in [0, 0.05) is 23.9 Å². The number of allylic oxidation sites excluding steroid dienone is 1. The van der Waals surface area contributed by atoms with Crippen LogP contribution in [0.25, 0.3) is 10.8 Å². The average Bonchev–Trinajstić information content (AvgIpc) is 4.00. The molecule has 0 spiro atoms. The summed E-state index contributed by atoms with van der Waals surface area (Å²) in [5, 5.41) is 7.41. The molecule has 14 nitrogen and oxygen atoms in total. The number of alkyl carbamates (subject to hydrolysis) is 1. The average molecular weight is 836 g/mol. The van der Waals surface area contributed by atoms with Gasteiger partial charge in [-0.1, -0.05) is 39.8 Å². The van der Waals surface area contributed by atoms with Crippen molar-refractivity contribution in [1.29, 1.82) is 0 Å². The molecule has 3 N–H and O–H groups in total. The molecule has 3 heterocycles. The Morgan fingerprint density at radius 2 is 1.71 bits per heavy atom. The fourth-order valence-corrected chi connectivity index (χ4v) is 10.4. The lowest BCUT2D eigenvalue weighted by atomic mass is 9.88. The van der Waals surface area contributed by atoms with Crippen molar-refractivity contribution in [3.63, 3.8) is 0 Å². The van der Waals surface area contributed by atoms with Gasteiger partial charge in [-0.05, 0) is 125 Å². The number of rotatable bonds is 9. The molecule has 1 saturated heterocycles. The minimum Gasteiger partial charge on any atom is -0.491 e. The van der Waals surface area contributed by atoms with Crippen molar-refractivity contribution < 1.29 is 41.8 Å². The second-order valence-corrected chi connectivity index (χ2v) is 20.9. The van der Waals surface area contributed by atoms with Crippen LogP contribution in [0.2, 0.25) is 0 Å². The van der Waals surface area contributed by atoms with Gasteiger partial charge in [0.1, 0.15) is 35.6 Å². The lowest BCUT2D eigenvalue weighted by molar-refractivity contribution is -0.142. The van der Waals surface area contributed by atoms with Crippen LogP contribution >= 0.6 is 0 Å². The van der Waals surface area contributed by atoms with E-state index < -0.39 is 68.2 Å². The number of nitrogens with one attached hydrogen (secondary N) is 3. The van der Waals surface area contributed by atoms with E-state index in [0.29, 0.717) is 49.1 Å². The molecule has 1 aromatic carbocycles. The minimum absolute atomic E-state index is 0.00799. The maximum Gasteiger partial charge on any atom is 0.408 e. The maximum absolute atomic E-state index is 15.0. The SMILES string of the molecule is CC(C)Oc1ccc2c(O[C@@H]3C[C@H]4C(=O)N[C@]5(C(=O)NS(=O)(=O)C6(C)CC6)C[C@H]5/C=C\CC[C@H](C)C[C@@H](C)[C@H](NC(=O)O[C@H]5C[C@@H](C)[C@@H](C)C5)C(=O)N4C3)nccc2c1. The van der Waals surface area contributed by atoms with E-state index in [2.05, 4.69) is 41.1 Å². The number of carbonyl (C=O) groups is 4. The van der Waals surface area contributed by atoms with Crippen molar-refractivity contribution in [3.05, 3.63) is 42.6 Å². The summed E-state index contributed by atoms with van der Waals surface area (Å²) in [6, 6.07) is 5.31. The Labute approximate surface area is 348 Å². The highest BCUT2D eigenvalue weighted by Gasteiger charge is 2.63. The zero-order valence-corrected chi connectivity index (χ0v) is 36.2. The Hall–Kier alpha value is -4.40. The molecule has 0 radical (unpaired) electrons. The van der Waals surface area contributed by atoms with Gasteiger partial charge in [0.15, 0.2) is 0 Å². The second-order valence-electron chi connectivity index (χ2n) is 18.7. The first-order valence-electron chi connectivity index (χ1n) is 21.4. The molecule has 59 heavy (non-hydrogen) atoms. The molecule has 3 saturated carbocycles. The van der Waals surface area contributed by atoms with Gasteiger partial charge in [0.2, 0.25) is 27.7 Å². The Morgan fingerprint density at radius 3 is 2.41 bits per heavy atom. The topological polar surface area (TPSA) is 182 Å². The van der Waals surface area contributed by atoms with Crippen LogP contribution in [0.3, 0.4) is 0 Å². The number of pyridine rings is 1. The lowest BCUT2D eigenvalue weighted by Crippen LogP contribution is -2.59. The summed E-state index contributed by atoms with van der Waals surface area (Å²) >= 11 is 0. The van der Waals surface area contributed by atoms with Crippen LogP contribution in [0.4, 0.5) is 4.79 Å². The number of fused-ring (bicyclic) bond motifs is 3. The quantitative estimate of drug-likeness (QED) is 0.262. The van der Waals surface area contributed by atoms with Crippen molar-refractivity contribution in [3.8, 4) is 11.6 Å². The summed E-state index contributed by atoms with van der Waals surface area (Å²) in [4.78, 5) is 63.1. The molecule has 2 aliphatic heterocycles. The molecule has 1 aromatic heterocycles. The number of hydrogen-bond acceptors (Lipinski definition) is 10. The zero-order valence-electron chi connectivity index (χ0n) is 35.4. The predicted molar refractivity (Wildman–Crippen MR) is 222 cm³/mol. The number of aromatic nitrogens is 1. The zero-order chi connectivity index (χ0) is 42.4. The summed E-state index contributed by atoms with van der Waals surface area (Å²) in [6.45, 7) is 13.8.